The highest BCUT2D eigenvalue weighted by atomic mass is 35.5. The van der Waals surface area contributed by atoms with E-state index >= 15 is 0 Å². The van der Waals surface area contributed by atoms with Crippen LogP contribution in [0.5, 0.6) is 0 Å². The number of aryl methyl sites for hydroxylation is 1. The van der Waals surface area contributed by atoms with E-state index in [4.69, 9.17) is 11.6 Å². The third-order valence-electron chi connectivity index (χ3n) is 4.37. The van der Waals surface area contributed by atoms with Crippen LogP contribution in [0, 0.1) is 24.6 Å². The average molecular weight is 396 g/mol. The minimum Gasteiger partial charge on any atom is -0.302 e. The van der Waals surface area contributed by atoms with Crippen LogP contribution in [0.15, 0.2) is 18.2 Å². The standard InChI is InChI=1S/C20H23ClFNO2S/c1-5-13(8-11(2)3)18(25)16(10-24)19-12(4)23-20(26-19)15-7-6-14(21)9-17(15)22/h6-7,9-11,13,16H,5,8H2,1-4H3/t13-,16?/m1/s1. The maximum Gasteiger partial charge on any atom is 0.151 e. The van der Waals surface area contributed by atoms with Crippen molar-refractivity contribution in [2.45, 2.75) is 46.5 Å². The molecule has 26 heavy (non-hydrogen) atoms. The topological polar surface area (TPSA) is 47.0 Å². The summed E-state index contributed by atoms with van der Waals surface area (Å²) in [6, 6.07) is 4.38. The lowest BCUT2D eigenvalue weighted by Gasteiger charge is -2.19. The largest absolute Gasteiger partial charge is 0.302 e. The molecular weight excluding hydrogens is 373 g/mol. The summed E-state index contributed by atoms with van der Waals surface area (Å²) >= 11 is 6.99. The normalized spacial score (nSPS) is 13.7. The maximum absolute atomic E-state index is 14.2. The molecule has 0 aliphatic carbocycles. The summed E-state index contributed by atoms with van der Waals surface area (Å²) in [6.07, 6.45) is 2.13. The molecule has 2 atom stereocenters. The fourth-order valence-electron chi connectivity index (χ4n) is 3.04. The average Bonchev–Trinajstić information content (AvgIpc) is 2.94. The van der Waals surface area contributed by atoms with Crippen LogP contribution in [0.4, 0.5) is 4.39 Å². The van der Waals surface area contributed by atoms with Gasteiger partial charge in [0.25, 0.3) is 0 Å². The summed E-state index contributed by atoms with van der Waals surface area (Å²) in [5, 5.41) is 0.753. The zero-order valence-electron chi connectivity index (χ0n) is 15.4. The number of hydrogen-bond acceptors (Lipinski definition) is 4. The van der Waals surface area contributed by atoms with Gasteiger partial charge in [-0.1, -0.05) is 32.4 Å². The van der Waals surface area contributed by atoms with Gasteiger partial charge in [-0.05, 0) is 43.9 Å². The zero-order valence-corrected chi connectivity index (χ0v) is 17.0. The minimum absolute atomic E-state index is 0.0777. The number of hydrogen-bond donors (Lipinski definition) is 0. The molecule has 140 valence electrons. The van der Waals surface area contributed by atoms with Gasteiger partial charge < -0.3 is 4.79 Å². The number of carbonyl (C=O) groups is 2. The molecule has 0 N–H and O–H groups in total. The Hall–Kier alpha value is -1.59. The predicted octanol–water partition coefficient (Wildman–Crippen LogP) is 5.83. The molecule has 0 radical (unpaired) electrons. The van der Waals surface area contributed by atoms with Crippen LogP contribution in [0.25, 0.3) is 10.6 Å². The molecule has 0 fully saturated rings. The number of thiazole rings is 1. The number of ketones is 1. The van der Waals surface area contributed by atoms with Gasteiger partial charge in [0.2, 0.25) is 0 Å². The molecule has 2 rings (SSSR count). The Morgan fingerprint density at radius 3 is 2.62 bits per heavy atom. The molecule has 0 amide bonds. The van der Waals surface area contributed by atoms with Gasteiger partial charge in [0.1, 0.15) is 23.0 Å². The van der Waals surface area contributed by atoms with Crippen molar-refractivity contribution in [2.24, 2.45) is 11.8 Å². The van der Waals surface area contributed by atoms with E-state index in [0.717, 1.165) is 6.42 Å². The summed E-state index contributed by atoms with van der Waals surface area (Å²) in [5.41, 5.74) is 0.907. The molecule has 0 saturated heterocycles. The fourth-order valence-corrected chi connectivity index (χ4v) is 4.36. The number of benzene rings is 1. The first-order valence-electron chi connectivity index (χ1n) is 8.70. The number of aromatic nitrogens is 1. The van der Waals surface area contributed by atoms with Crippen LogP contribution in [-0.4, -0.2) is 17.1 Å². The SMILES string of the molecule is CC[C@H](CC(C)C)C(=O)C(C=O)c1sc(-c2ccc(Cl)cc2F)nc1C. The Bertz CT molecular complexity index is 803. The van der Waals surface area contributed by atoms with E-state index in [1.165, 1.54) is 17.4 Å². The summed E-state index contributed by atoms with van der Waals surface area (Å²) in [7, 11) is 0. The molecule has 0 aliphatic heterocycles. The number of halogens is 2. The second kappa shape index (κ2) is 8.87. The second-order valence-corrected chi connectivity index (χ2v) is 8.31. The van der Waals surface area contributed by atoms with E-state index in [1.807, 2.05) is 6.92 Å². The molecule has 1 aromatic heterocycles. The van der Waals surface area contributed by atoms with Crippen molar-refractivity contribution < 1.29 is 14.0 Å². The van der Waals surface area contributed by atoms with Gasteiger partial charge in [0.05, 0.1) is 5.69 Å². The summed E-state index contributed by atoms with van der Waals surface area (Å²) in [5.74, 6) is -1.19. The first kappa shape index (κ1) is 20.7. The highest BCUT2D eigenvalue weighted by molar-refractivity contribution is 7.15. The van der Waals surface area contributed by atoms with Gasteiger partial charge in [-0.3, -0.25) is 4.79 Å². The van der Waals surface area contributed by atoms with E-state index in [9.17, 15) is 14.0 Å². The van der Waals surface area contributed by atoms with Crippen molar-refractivity contribution >= 4 is 35.0 Å². The van der Waals surface area contributed by atoms with Gasteiger partial charge in [-0.2, -0.15) is 0 Å². The van der Waals surface area contributed by atoms with E-state index in [0.29, 0.717) is 44.8 Å². The quantitative estimate of drug-likeness (QED) is 0.417. The van der Waals surface area contributed by atoms with Crippen molar-refractivity contribution in [1.29, 1.82) is 0 Å². The number of Topliss-reactive ketones (excluding diaryl/α,β-unsaturated/α-hetero) is 1. The highest BCUT2D eigenvalue weighted by Gasteiger charge is 2.30. The fraction of sp³-hybridized carbons (Fsp3) is 0.450. The van der Waals surface area contributed by atoms with E-state index in [-0.39, 0.29) is 11.7 Å². The molecule has 0 bridgehead atoms. The molecule has 0 aliphatic rings. The summed E-state index contributed by atoms with van der Waals surface area (Å²) in [6.45, 7) is 7.83. The predicted molar refractivity (Wildman–Crippen MR) is 104 cm³/mol. The smallest absolute Gasteiger partial charge is 0.151 e. The molecule has 1 unspecified atom stereocenters. The van der Waals surface area contributed by atoms with E-state index in [1.54, 1.807) is 19.1 Å². The Labute approximate surface area is 162 Å². The molecular formula is C20H23ClFNO2S. The van der Waals surface area contributed by atoms with Crippen LogP contribution >= 0.6 is 22.9 Å². The first-order valence-corrected chi connectivity index (χ1v) is 9.89. The third-order valence-corrected chi connectivity index (χ3v) is 5.88. The van der Waals surface area contributed by atoms with Crippen molar-refractivity contribution in [1.82, 2.24) is 4.98 Å². The van der Waals surface area contributed by atoms with Gasteiger partial charge in [0, 0.05) is 21.4 Å². The van der Waals surface area contributed by atoms with Crippen LogP contribution in [0.1, 0.15) is 50.1 Å². The van der Waals surface area contributed by atoms with Crippen molar-refractivity contribution in [3.8, 4) is 10.6 Å². The molecule has 6 heteroatoms. The van der Waals surface area contributed by atoms with Crippen molar-refractivity contribution in [3.63, 3.8) is 0 Å². The molecule has 2 aromatic rings. The summed E-state index contributed by atoms with van der Waals surface area (Å²) in [4.78, 5) is 29.6. The Kier molecular flexibility index (Phi) is 7.07. The lowest BCUT2D eigenvalue weighted by molar-refractivity contribution is -0.127. The van der Waals surface area contributed by atoms with E-state index in [2.05, 4.69) is 18.8 Å². The molecule has 1 aromatic carbocycles. The third kappa shape index (κ3) is 4.57. The maximum atomic E-state index is 14.2. The molecule has 1 heterocycles. The van der Waals surface area contributed by atoms with Crippen molar-refractivity contribution in [3.05, 3.63) is 39.6 Å². The Morgan fingerprint density at radius 2 is 2.08 bits per heavy atom. The van der Waals surface area contributed by atoms with Crippen LogP contribution < -0.4 is 0 Å². The van der Waals surface area contributed by atoms with Crippen LogP contribution in [0.2, 0.25) is 5.02 Å². The number of carbonyl (C=O) groups excluding carboxylic acids is 2. The van der Waals surface area contributed by atoms with Gasteiger partial charge >= 0.3 is 0 Å². The second-order valence-electron chi connectivity index (χ2n) is 6.84. The van der Waals surface area contributed by atoms with Gasteiger partial charge in [-0.25, -0.2) is 9.37 Å². The van der Waals surface area contributed by atoms with Crippen LogP contribution in [-0.2, 0) is 9.59 Å². The van der Waals surface area contributed by atoms with Gasteiger partial charge in [0.15, 0.2) is 5.78 Å². The lowest BCUT2D eigenvalue weighted by Crippen LogP contribution is -2.24. The van der Waals surface area contributed by atoms with E-state index < -0.39 is 11.7 Å². The molecule has 0 spiro atoms. The van der Waals surface area contributed by atoms with Gasteiger partial charge in [-0.15, -0.1) is 11.3 Å². The lowest BCUT2D eigenvalue weighted by atomic mass is 9.84. The Morgan fingerprint density at radius 1 is 1.38 bits per heavy atom. The summed E-state index contributed by atoms with van der Waals surface area (Å²) < 4.78 is 14.2. The number of aldehydes is 1. The highest BCUT2D eigenvalue weighted by Crippen LogP contribution is 2.36. The number of nitrogens with zero attached hydrogens (tertiary/aromatic N) is 1. The molecule has 3 nitrogen and oxygen atoms in total. The monoisotopic (exact) mass is 395 g/mol. The van der Waals surface area contributed by atoms with Crippen molar-refractivity contribution in [2.75, 3.05) is 0 Å². The first-order chi connectivity index (χ1) is 12.3. The zero-order chi connectivity index (χ0) is 19.4. The molecule has 0 saturated carbocycles. The minimum atomic E-state index is -0.847. The number of rotatable bonds is 8. The Balaban J connectivity index is 2.38. The van der Waals surface area contributed by atoms with Crippen LogP contribution in [0.3, 0.4) is 0 Å².